The van der Waals surface area contributed by atoms with Gasteiger partial charge in [0, 0.05) is 43.0 Å². The molecule has 0 bridgehead atoms. The second-order valence-corrected chi connectivity index (χ2v) is 6.32. The normalized spacial score (nSPS) is 12.6. The van der Waals surface area contributed by atoms with E-state index in [0.717, 1.165) is 34.6 Å². The Bertz CT molecular complexity index is 895. The predicted molar refractivity (Wildman–Crippen MR) is 94.7 cm³/mol. The maximum Gasteiger partial charge on any atom is 0.123 e. The fourth-order valence-electron chi connectivity index (χ4n) is 3.05. The summed E-state index contributed by atoms with van der Waals surface area (Å²) >= 11 is 0. The Morgan fingerprint density at radius 3 is 2.72 bits per heavy atom. The molecule has 1 aromatic carbocycles. The van der Waals surface area contributed by atoms with E-state index in [2.05, 4.69) is 10.2 Å². The van der Waals surface area contributed by atoms with Gasteiger partial charge in [0.05, 0.1) is 18.0 Å². The zero-order chi connectivity index (χ0) is 18.1. The molecular weight excluding hydrogens is 319 g/mol. The third-order valence-corrected chi connectivity index (χ3v) is 4.57. The number of rotatable bonds is 5. The van der Waals surface area contributed by atoms with Crippen LogP contribution in [0.4, 0.5) is 4.39 Å². The van der Waals surface area contributed by atoms with Gasteiger partial charge in [-0.1, -0.05) is 0 Å². The van der Waals surface area contributed by atoms with Gasteiger partial charge in [-0.05, 0) is 50.1 Å². The zero-order valence-corrected chi connectivity index (χ0v) is 15.0. The fraction of sp³-hybridized carbons (Fsp3) is 0.368. The lowest BCUT2D eigenvalue weighted by molar-refractivity contribution is 0.199. The fourth-order valence-corrected chi connectivity index (χ4v) is 3.05. The van der Waals surface area contributed by atoms with E-state index in [1.165, 1.54) is 12.1 Å². The van der Waals surface area contributed by atoms with Gasteiger partial charge in [-0.15, -0.1) is 0 Å². The van der Waals surface area contributed by atoms with Gasteiger partial charge in [0.1, 0.15) is 5.82 Å². The van der Waals surface area contributed by atoms with Crippen molar-refractivity contribution in [3.05, 3.63) is 58.8 Å². The smallest absolute Gasteiger partial charge is 0.123 e. The molecule has 0 radical (unpaired) electrons. The number of aromatic nitrogens is 4. The van der Waals surface area contributed by atoms with Gasteiger partial charge in [0.2, 0.25) is 0 Å². The van der Waals surface area contributed by atoms with E-state index in [0.29, 0.717) is 12.0 Å². The highest BCUT2D eigenvalue weighted by atomic mass is 19.1. The van der Waals surface area contributed by atoms with Crippen molar-refractivity contribution >= 4 is 0 Å². The van der Waals surface area contributed by atoms with E-state index < -0.39 is 6.10 Å². The van der Waals surface area contributed by atoms with Crippen molar-refractivity contribution in [3.63, 3.8) is 0 Å². The highest BCUT2D eigenvalue weighted by Crippen LogP contribution is 2.33. The van der Waals surface area contributed by atoms with E-state index >= 15 is 0 Å². The monoisotopic (exact) mass is 342 g/mol. The standard InChI is InChI=1S/C19H23FN4O/c1-5-24-11-14(10-21-24)8-17-12(2)23(4)22-19(17)16-7-6-15(20)9-18(16)13(3)25/h6-7,9-11,13,25H,5,8H2,1-4H3/t13-/m1/s1. The minimum atomic E-state index is -0.774. The van der Waals surface area contributed by atoms with Crippen molar-refractivity contribution in [2.24, 2.45) is 7.05 Å². The molecule has 0 aliphatic heterocycles. The SMILES string of the molecule is CCn1cc(Cc2c(-c3ccc(F)cc3[C@@H](C)O)nn(C)c2C)cn1. The van der Waals surface area contributed by atoms with Crippen LogP contribution in [-0.4, -0.2) is 24.7 Å². The van der Waals surface area contributed by atoms with E-state index in [-0.39, 0.29) is 5.82 Å². The summed E-state index contributed by atoms with van der Waals surface area (Å²) in [6.07, 6.45) is 3.80. The van der Waals surface area contributed by atoms with E-state index in [4.69, 9.17) is 0 Å². The number of benzene rings is 1. The Morgan fingerprint density at radius 1 is 1.32 bits per heavy atom. The van der Waals surface area contributed by atoms with Crippen LogP contribution in [0.15, 0.2) is 30.6 Å². The molecule has 0 fully saturated rings. The number of nitrogens with zero attached hydrogens (tertiary/aromatic N) is 4. The van der Waals surface area contributed by atoms with Gasteiger partial charge < -0.3 is 5.11 Å². The zero-order valence-electron chi connectivity index (χ0n) is 15.0. The number of aliphatic hydroxyl groups is 1. The molecular formula is C19H23FN4O. The molecule has 0 unspecified atom stereocenters. The van der Waals surface area contributed by atoms with Crippen molar-refractivity contribution in [1.82, 2.24) is 19.6 Å². The largest absolute Gasteiger partial charge is 0.389 e. The van der Waals surface area contributed by atoms with Crippen LogP contribution >= 0.6 is 0 Å². The number of halogens is 1. The molecule has 0 spiro atoms. The Balaban J connectivity index is 2.10. The second-order valence-electron chi connectivity index (χ2n) is 6.32. The summed E-state index contributed by atoms with van der Waals surface area (Å²) in [7, 11) is 1.89. The molecule has 132 valence electrons. The first-order chi connectivity index (χ1) is 11.9. The Morgan fingerprint density at radius 2 is 2.08 bits per heavy atom. The molecule has 0 amide bonds. The van der Waals surface area contributed by atoms with Gasteiger partial charge in [0.25, 0.3) is 0 Å². The average Bonchev–Trinajstić information content (AvgIpc) is 3.15. The van der Waals surface area contributed by atoms with Crippen LogP contribution in [0, 0.1) is 12.7 Å². The van der Waals surface area contributed by atoms with E-state index in [9.17, 15) is 9.50 Å². The molecule has 5 nitrogen and oxygen atoms in total. The van der Waals surface area contributed by atoms with Crippen molar-refractivity contribution < 1.29 is 9.50 Å². The summed E-state index contributed by atoms with van der Waals surface area (Å²) in [5.41, 5.74) is 5.29. The number of hydrogen-bond donors (Lipinski definition) is 1. The van der Waals surface area contributed by atoms with Crippen molar-refractivity contribution in [2.75, 3.05) is 0 Å². The van der Waals surface area contributed by atoms with Gasteiger partial charge in [-0.3, -0.25) is 9.36 Å². The average molecular weight is 342 g/mol. The molecule has 0 saturated carbocycles. The third kappa shape index (κ3) is 3.35. The van der Waals surface area contributed by atoms with Gasteiger partial charge >= 0.3 is 0 Å². The Hall–Kier alpha value is -2.47. The lowest BCUT2D eigenvalue weighted by Crippen LogP contribution is -1.99. The van der Waals surface area contributed by atoms with Crippen LogP contribution < -0.4 is 0 Å². The predicted octanol–water partition coefficient (Wildman–Crippen LogP) is 3.40. The molecule has 3 aromatic rings. The highest BCUT2D eigenvalue weighted by Gasteiger charge is 2.20. The number of aliphatic hydroxyl groups excluding tert-OH is 1. The minimum absolute atomic E-state index is 0.363. The lowest BCUT2D eigenvalue weighted by Gasteiger charge is -2.12. The van der Waals surface area contributed by atoms with Crippen LogP contribution in [0.5, 0.6) is 0 Å². The van der Waals surface area contributed by atoms with Crippen LogP contribution in [-0.2, 0) is 20.0 Å². The highest BCUT2D eigenvalue weighted by molar-refractivity contribution is 5.69. The first-order valence-corrected chi connectivity index (χ1v) is 8.42. The first kappa shape index (κ1) is 17.4. The van der Waals surface area contributed by atoms with Gasteiger partial charge in [-0.25, -0.2) is 4.39 Å². The summed E-state index contributed by atoms with van der Waals surface area (Å²) in [5.74, 6) is -0.363. The Kier molecular flexibility index (Phi) is 4.72. The Labute approximate surface area is 146 Å². The molecule has 25 heavy (non-hydrogen) atoms. The van der Waals surface area contributed by atoms with Crippen molar-refractivity contribution in [2.45, 2.75) is 39.8 Å². The molecule has 6 heteroatoms. The molecule has 3 rings (SSSR count). The minimum Gasteiger partial charge on any atom is -0.389 e. The summed E-state index contributed by atoms with van der Waals surface area (Å²) in [5, 5.41) is 19.0. The number of aryl methyl sites for hydroxylation is 2. The van der Waals surface area contributed by atoms with Crippen molar-refractivity contribution in [3.8, 4) is 11.3 Å². The lowest BCUT2D eigenvalue weighted by atomic mass is 9.95. The molecule has 0 aliphatic carbocycles. The van der Waals surface area contributed by atoms with Crippen LogP contribution in [0.3, 0.4) is 0 Å². The maximum absolute atomic E-state index is 13.6. The van der Waals surface area contributed by atoms with E-state index in [1.54, 1.807) is 13.0 Å². The third-order valence-electron chi connectivity index (χ3n) is 4.57. The molecule has 0 saturated heterocycles. The molecule has 1 atom stereocenters. The summed E-state index contributed by atoms with van der Waals surface area (Å²) < 4.78 is 17.4. The first-order valence-electron chi connectivity index (χ1n) is 8.42. The number of hydrogen-bond acceptors (Lipinski definition) is 3. The van der Waals surface area contributed by atoms with Gasteiger partial charge in [-0.2, -0.15) is 10.2 Å². The maximum atomic E-state index is 13.6. The summed E-state index contributed by atoms with van der Waals surface area (Å²) in [6.45, 7) is 6.52. The molecule has 2 aromatic heterocycles. The van der Waals surface area contributed by atoms with E-state index in [1.807, 2.05) is 42.7 Å². The van der Waals surface area contributed by atoms with Crippen LogP contribution in [0.25, 0.3) is 11.3 Å². The summed E-state index contributed by atoms with van der Waals surface area (Å²) in [4.78, 5) is 0. The quantitative estimate of drug-likeness (QED) is 0.773. The second kappa shape index (κ2) is 6.80. The molecule has 0 aliphatic rings. The summed E-state index contributed by atoms with van der Waals surface area (Å²) in [6, 6.07) is 4.48. The molecule has 1 N–H and O–H groups in total. The van der Waals surface area contributed by atoms with Crippen LogP contribution in [0.1, 0.15) is 42.3 Å². The van der Waals surface area contributed by atoms with Crippen LogP contribution in [0.2, 0.25) is 0 Å². The van der Waals surface area contributed by atoms with Crippen molar-refractivity contribution in [1.29, 1.82) is 0 Å². The van der Waals surface area contributed by atoms with Gasteiger partial charge in [0.15, 0.2) is 0 Å². The topological polar surface area (TPSA) is 55.9 Å². The molecule has 2 heterocycles.